The average molecular weight is 417 g/mol. The van der Waals surface area contributed by atoms with Crippen molar-refractivity contribution in [3.63, 3.8) is 0 Å². The minimum Gasteiger partial charge on any atom is -0.347 e. The number of carbonyl (C=O) groups is 1. The number of benzene rings is 2. The van der Waals surface area contributed by atoms with Gasteiger partial charge in [-0.15, -0.1) is 0 Å². The second-order valence-electron chi connectivity index (χ2n) is 6.84. The molecule has 0 radical (unpaired) electrons. The highest BCUT2D eigenvalue weighted by Crippen LogP contribution is 2.27. The predicted octanol–water partition coefficient (Wildman–Crippen LogP) is 4.38. The molecule has 148 valence electrons. The molecule has 0 spiro atoms. The van der Waals surface area contributed by atoms with E-state index in [1.165, 1.54) is 23.5 Å². The molecule has 3 aromatic heterocycles. The first-order valence-electron chi connectivity index (χ1n) is 9.31. The number of nitrogens with one attached hydrogen (secondary N) is 1. The molecular weight excluding hydrogens is 401 g/mol. The Kier molecular flexibility index (Phi) is 4.48. The summed E-state index contributed by atoms with van der Waals surface area (Å²) in [7, 11) is 0. The zero-order valence-corrected chi connectivity index (χ0v) is 16.8. The molecule has 0 bridgehead atoms. The van der Waals surface area contributed by atoms with Crippen LogP contribution in [0.1, 0.15) is 20.9 Å². The van der Waals surface area contributed by atoms with Gasteiger partial charge in [0.25, 0.3) is 5.91 Å². The maximum atomic E-state index is 13.1. The van der Waals surface area contributed by atoms with Crippen LogP contribution in [-0.4, -0.2) is 25.3 Å². The summed E-state index contributed by atoms with van der Waals surface area (Å²) in [6, 6.07) is 11.6. The number of amides is 1. The van der Waals surface area contributed by atoms with Gasteiger partial charge in [-0.2, -0.15) is 0 Å². The number of nitrogens with zero attached hydrogens (tertiary/aromatic N) is 4. The van der Waals surface area contributed by atoms with Crippen molar-refractivity contribution in [2.75, 3.05) is 0 Å². The Balaban J connectivity index is 1.34. The highest BCUT2D eigenvalue weighted by Gasteiger charge is 2.14. The van der Waals surface area contributed by atoms with Crippen LogP contribution >= 0.6 is 11.3 Å². The largest absolute Gasteiger partial charge is 0.347 e. The van der Waals surface area contributed by atoms with Crippen molar-refractivity contribution < 1.29 is 9.18 Å². The van der Waals surface area contributed by atoms with E-state index in [-0.39, 0.29) is 11.7 Å². The van der Waals surface area contributed by atoms with Crippen LogP contribution in [-0.2, 0) is 6.54 Å². The number of hydrogen-bond acceptors (Lipinski definition) is 5. The van der Waals surface area contributed by atoms with E-state index < -0.39 is 0 Å². The smallest absolute Gasteiger partial charge is 0.251 e. The number of halogens is 1. The quantitative estimate of drug-likeness (QED) is 0.471. The van der Waals surface area contributed by atoms with Gasteiger partial charge in [-0.3, -0.25) is 19.2 Å². The zero-order chi connectivity index (χ0) is 20.7. The zero-order valence-electron chi connectivity index (χ0n) is 16.0. The maximum absolute atomic E-state index is 13.1. The van der Waals surface area contributed by atoms with Gasteiger partial charge >= 0.3 is 0 Å². The normalized spacial score (nSPS) is 11.3. The SMILES string of the molecule is Cc1c(CNC(=O)c2ccc3nccnc3c2)sc2nc(-c3ccc(F)cc3)cn12. The second kappa shape index (κ2) is 7.31. The van der Waals surface area contributed by atoms with Gasteiger partial charge in [0.1, 0.15) is 5.82 Å². The maximum Gasteiger partial charge on any atom is 0.251 e. The first-order chi connectivity index (χ1) is 14.6. The van der Waals surface area contributed by atoms with E-state index in [0.29, 0.717) is 17.6 Å². The summed E-state index contributed by atoms with van der Waals surface area (Å²) >= 11 is 1.52. The summed E-state index contributed by atoms with van der Waals surface area (Å²) in [6.07, 6.45) is 5.16. The molecule has 0 atom stereocenters. The highest BCUT2D eigenvalue weighted by molar-refractivity contribution is 7.17. The number of hydrogen-bond donors (Lipinski definition) is 1. The summed E-state index contributed by atoms with van der Waals surface area (Å²) in [5.74, 6) is -0.438. The Morgan fingerprint density at radius 3 is 2.63 bits per heavy atom. The fourth-order valence-corrected chi connectivity index (χ4v) is 4.33. The number of aryl methyl sites for hydroxylation is 1. The first kappa shape index (κ1) is 18.4. The van der Waals surface area contributed by atoms with E-state index in [9.17, 15) is 9.18 Å². The van der Waals surface area contributed by atoms with Crippen LogP contribution < -0.4 is 5.32 Å². The van der Waals surface area contributed by atoms with E-state index >= 15 is 0 Å². The molecule has 0 fully saturated rings. The van der Waals surface area contributed by atoms with Gasteiger partial charge in [-0.05, 0) is 49.4 Å². The summed E-state index contributed by atoms with van der Waals surface area (Å²) in [6.45, 7) is 2.40. The third-order valence-corrected chi connectivity index (χ3v) is 6.09. The number of fused-ring (bicyclic) bond motifs is 2. The van der Waals surface area contributed by atoms with Crippen LogP contribution in [0.25, 0.3) is 27.3 Å². The van der Waals surface area contributed by atoms with Crippen molar-refractivity contribution >= 4 is 33.2 Å². The molecule has 0 aliphatic carbocycles. The van der Waals surface area contributed by atoms with Gasteiger partial charge in [0.2, 0.25) is 0 Å². The molecule has 3 heterocycles. The molecule has 5 aromatic rings. The van der Waals surface area contributed by atoms with Crippen molar-refractivity contribution in [3.8, 4) is 11.3 Å². The lowest BCUT2D eigenvalue weighted by molar-refractivity contribution is 0.0951. The molecule has 30 heavy (non-hydrogen) atoms. The van der Waals surface area contributed by atoms with Crippen molar-refractivity contribution in [2.45, 2.75) is 13.5 Å². The first-order valence-corrected chi connectivity index (χ1v) is 10.1. The number of aromatic nitrogens is 4. The minimum atomic E-state index is -0.271. The third kappa shape index (κ3) is 3.31. The highest BCUT2D eigenvalue weighted by atomic mass is 32.1. The molecule has 0 aliphatic heterocycles. The Hall–Kier alpha value is -3.65. The average Bonchev–Trinajstić information content (AvgIpc) is 3.31. The standard InChI is InChI=1S/C22H16FN5OS/c1-13-20(11-26-21(29)15-4-7-17-18(10-15)25-9-8-24-17)30-22-27-19(12-28(13)22)14-2-5-16(23)6-3-14/h2-10,12H,11H2,1H3,(H,26,29). The van der Waals surface area contributed by atoms with E-state index in [2.05, 4.69) is 20.3 Å². The molecule has 1 N–H and O–H groups in total. The number of imidazole rings is 1. The Bertz CT molecular complexity index is 1390. The Morgan fingerprint density at radius 2 is 1.87 bits per heavy atom. The molecule has 0 saturated heterocycles. The Labute approximate surface area is 175 Å². The molecule has 6 nitrogen and oxygen atoms in total. The van der Waals surface area contributed by atoms with Crippen LogP contribution in [0.15, 0.2) is 61.1 Å². The van der Waals surface area contributed by atoms with Gasteiger partial charge < -0.3 is 5.32 Å². The fraction of sp³-hybridized carbons (Fsp3) is 0.0909. The van der Waals surface area contributed by atoms with Crippen LogP contribution in [0.2, 0.25) is 0 Å². The summed E-state index contributed by atoms with van der Waals surface area (Å²) in [5, 5.41) is 2.96. The predicted molar refractivity (Wildman–Crippen MR) is 114 cm³/mol. The molecule has 2 aromatic carbocycles. The van der Waals surface area contributed by atoms with E-state index in [4.69, 9.17) is 0 Å². The van der Waals surface area contributed by atoms with Gasteiger partial charge in [0, 0.05) is 40.3 Å². The van der Waals surface area contributed by atoms with Gasteiger partial charge in [0.15, 0.2) is 4.96 Å². The summed E-state index contributed by atoms with van der Waals surface area (Å²) in [4.78, 5) is 27.5. The molecule has 5 rings (SSSR count). The number of rotatable bonds is 4. The fourth-order valence-electron chi connectivity index (χ4n) is 3.28. The molecule has 0 aliphatic rings. The minimum absolute atomic E-state index is 0.167. The molecule has 0 saturated carbocycles. The number of carbonyl (C=O) groups excluding carboxylic acids is 1. The second-order valence-corrected chi connectivity index (χ2v) is 7.90. The van der Waals surface area contributed by atoms with Crippen molar-refractivity contribution in [2.24, 2.45) is 0 Å². The molecule has 0 unspecified atom stereocenters. The monoisotopic (exact) mass is 417 g/mol. The topological polar surface area (TPSA) is 72.2 Å². The Morgan fingerprint density at radius 1 is 1.10 bits per heavy atom. The molecule has 1 amide bonds. The lowest BCUT2D eigenvalue weighted by Crippen LogP contribution is -2.22. The molecular formula is C22H16FN5OS. The number of thiazole rings is 1. The van der Waals surface area contributed by atoms with Crippen LogP contribution in [0.5, 0.6) is 0 Å². The summed E-state index contributed by atoms with van der Waals surface area (Å²) < 4.78 is 15.1. The van der Waals surface area contributed by atoms with Crippen molar-refractivity contribution in [3.05, 3.63) is 83.0 Å². The van der Waals surface area contributed by atoms with Gasteiger partial charge in [-0.1, -0.05) is 11.3 Å². The van der Waals surface area contributed by atoms with Crippen LogP contribution in [0.3, 0.4) is 0 Å². The van der Waals surface area contributed by atoms with Crippen LogP contribution in [0, 0.1) is 12.7 Å². The van der Waals surface area contributed by atoms with Gasteiger partial charge in [0.05, 0.1) is 23.3 Å². The molecule has 8 heteroatoms. The van der Waals surface area contributed by atoms with E-state index in [1.807, 2.05) is 17.5 Å². The third-order valence-electron chi connectivity index (χ3n) is 4.93. The van der Waals surface area contributed by atoms with Crippen molar-refractivity contribution in [1.29, 1.82) is 0 Å². The van der Waals surface area contributed by atoms with Gasteiger partial charge in [-0.25, -0.2) is 9.37 Å². The van der Waals surface area contributed by atoms with Crippen molar-refractivity contribution in [1.82, 2.24) is 24.7 Å². The van der Waals surface area contributed by atoms with E-state index in [0.717, 1.165) is 32.3 Å². The van der Waals surface area contributed by atoms with E-state index in [1.54, 1.807) is 42.7 Å². The summed E-state index contributed by atoms with van der Waals surface area (Å²) in [5.41, 5.74) is 4.64. The van der Waals surface area contributed by atoms with Crippen LogP contribution in [0.4, 0.5) is 4.39 Å². The lowest BCUT2D eigenvalue weighted by atomic mass is 10.2. The lowest BCUT2D eigenvalue weighted by Gasteiger charge is -2.05.